The highest BCUT2D eigenvalue weighted by Crippen LogP contribution is 2.41. The fraction of sp³-hybridized carbons (Fsp3) is 0. The van der Waals surface area contributed by atoms with Crippen LogP contribution in [0.4, 0.5) is 0 Å². The Bertz CT molecular complexity index is 1620. The molecule has 0 bridgehead atoms. The van der Waals surface area contributed by atoms with Crippen LogP contribution in [0.3, 0.4) is 0 Å². The number of fused-ring (bicyclic) bond motifs is 8. The molecule has 30 heavy (non-hydrogen) atoms. The Hall–Kier alpha value is -3.20. The van der Waals surface area contributed by atoms with Crippen LogP contribution in [0.2, 0.25) is 0 Å². The number of hydrogen-bond acceptors (Lipinski definition) is 2. The molecule has 7 aromatic rings. The maximum Gasteiger partial charge on any atom is 0.0434 e. The second-order valence-corrected chi connectivity index (χ2v) is 9.38. The van der Waals surface area contributed by atoms with Crippen molar-refractivity contribution in [3.05, 3.63) is 109 Å². The van der Waals surface area contributed by atoms with Gasteiger partial charge in [-0.05, 0) is 50.5 Å². The highest BCUT2D eigenvalue weighted by Gasteiger charge is 2.10. The van der Waals surface area contributed by atoms with Crippen molar-refractivity contribution < 1.29 is 0 Å². The monoisotopic (exact) mass is 418 g/mol. The Morgan fingerprint density at radius 2 is 1.10 bits per heavy atom. The lowest BCUT2D eigenvalue weighted by atomic mass is 10.0. The van der Waals surface area contributed by atoms with Crippen molar-refractivity contribution in [2.75, 3.05) is 0 Å². The van der Waals surface area contributed by atoms with E-state index in [9.17, 15) is 0 Å². The topological polar surface area (TPSA) is 0 Å². The zero-order valence-corrected chi connectivity index (χ0v) is 17.8. The smallest absolute Gasteiger partial charge is 0.0434 e. The Morgan fingerprint density at radius 1 is 0.433 bits per heavy atom. The summed E-state index contributed by atoms with van der Waals surface area (Å²) in [6.07, 6.45) is 0. The maximum atomic E-state index is 2.28. The fourth-order valence-corrected chi connectivity index (χ4v) is 6.22. The average Bonchev–Trinajstić information content (AvgIpc) is 3.44. The lowest BCUT2D eigenvalue weighted by molar-refractivity contribution is 1.81. The molecule has 0 amide bonds. The SMILES string of the molecule is c1ccc2c(c1)ccc1c2sc2ccc3ccccc3c21.c1ccc2sccc2c1. The summed E-state index contributed by atoms with van der Waals surface area (Å²) in [5, 5.41) is 11.6. The molecule has 0 aliphatic carbocycles. The first kappa shape index (κ1) is 17.6. The summed E-state index contributed by atoms with van der Waals surface area (Å²) in [4.78, 5) is 0. The number of benzene rings is 5. The van der Waals surface area contributed by atoms with Gasteiger partial charge in [0.05, 0.1) is 0 Å². The van der Waals surface area contributed by atoms with Crippen LogP contribution in [0.25, 0.3) is 51.8 Å². The lowest BCUT2D eigenvalue weighted by Gasteiger charge is -2.01. The zero-order chi connectivity index (χ0) is 19.9. The van der Waals surface area contributed by atoms with Crippen molar-refractivity contribution >= 4 is 74.5 Å². The van der Waals surface area contributed by atoms with E-state index in [1.165, 1.54) is 51.8 Å². The molecule has 0 N–H and O–H groups in total. The van der Waals surface area contributed by atoms with Crippen LogP contribution in [0, 0.1) is 0 Å². The first-order valence-electron chi connectivity index (χ1n) is 10.0. The van der Waals surface area contributed by atoms with Crippen molar-refractivity contribution in [3.8, 4) is 0 Å². The minimum absolute atomic E-state index is 1.32. The third-order valence-corrected chi connectivity index (χ3v) is 7.72. The molecule has 0 aliphatic rings. The van der Waals surface area contributed by atoms with Gasteiger partial charge in [-0.1, -0.05) is 84.9 Å². The van der Waals surface area contributed by atoms with E-state index in [4.69, 9.17) is 0 Å². The molecule has 0 unspecified atom stereocenters. The van der Waals surface area contributed by atoms with E-state index in [2.05, 4.69) is 109 Å². The van der Waals surface area contributed by atoms with Gasteiger partial charge in [-0.2, -0.15) is 0 Å². The van der Waals surface area contributed by atoms with E-state index in [0.29, 0.717) is 0 Å². The van der Waals surface area contributed by atoms with E-state index < -0.39 is 0 Å². The third-order valence-electron chi connectivity index (χ3n) is 5.61. The fourth-order valence-electron chi connectivity index (χ4n) is 4.18. The van der Waals surface area contributed by atoms with Gasteiger partial charge in [-0.3, -0.25) is 0 Å². The van der Waals surface area contributed by atoms with Crippen molar-refractivity contribution in [1.29, 1.82) is 0 Å². The Morgan fingerprint density at radius 3 is 1.93 bits per heavy atom. The molecule has 2 heteroatoms. The summed E-state index contributed by atoms with van der Waals surface area (Å²) >= 11 is 3.69. The molecule has 0 nitrogen and oxygen atoms in total. The largest absolute Gasteiger partial charge is 0.144 e. The number of thiophene rings is 2. The molecular weight excluding hydrogens is 400 g/mol. The summed E-state index contributed by atoms with van der Waals surface area (Å²) < 4.78 is 4.15. The molecule has 7 rings (SSSR count). The Kier molecular flexibility index (Phi) is 4.26. The number of hydrogen-bond donors (Lipinski definition) is 0. The molecule has 5 aromatic carbocycles. The van der Waals surface area contributed by atoms with Gasteiger partial charge >= 0.3 is 0 Å². The minimum Gasteiger partial charge on any atom is -0.144 e. The van der Waals surface area contributed by atoms with Crippen LogP contribution in [-0.4, -0.2) is 0 Å². The lowest BCUT2D eigenvalue weighted by Crippen LogP contribution is -1.74. The molecule has 0 saturated carbocycles. The van der Waals surface area contributed by atoms with Crippen LogP contribution in [0.5, 0.6) is 0 Å². The van der Waals surface area contributed by atoms with Crippen LogP contribution >= 0.6 is 22.7 Å². The standard InChI is InChI=1S/C20H12S.C8H6S/c1-3-7-15-13(5-1)10-12-18-19(15)17-11-9-14-6-2-4-8-16(14)20(17)21-18;1-2-4-8-7(3-1)5-6-9-8/h1-12H;1-6H. The third kappa shape index (κ3) is 2.88. The first-order valence-corrected chi connectivity index (χ1v) is 11.7. The summed E-state index contributed by atoms with van der Waals surface area (Å²) in [7, 11) is 0. The van der Waals surface area contributed by atoms with Gasteiger partial charge in [0.25, 0.3) is 0 Å². The van der Waals surface area contributed by atoms with E-state index in [1.54, 1.807) is 11.3 Å². The van der Waals surface area contributed by atoms with Gasteiger partial charge in [-0.25, -0.2) is 0 Å². The van der Waals surface area contributed by atoms with Crippen LogP contribution in [0.1, 0.15) is 0 Å². The number of rotatable bonds is 0. The summed E-state index contributed by atoms with van der Waals surface area (Å²) in [5.74, 6) is 0. The molecule has 0 saturated heterocycles. The van der Waals surface area contributed by atoms with Gasteiger partial charge in [0.15, 0.2) is 0 Å². The molecule has 2 heterocycles. The quantitative estimate of drug-likeness (QED) is 0.230. The van der Waals surface area contributed by atoms with Gasteiger partial charge < -0.3 is 0 Å². The van der Waals surface area contributed by atoms with Gasteiger partial charge in [0.1, 0.15) is 0 Å². The highest BCUT2D eigenvalue weighted by molar-refractivity contribution is 7.26. The first-order chi connectivity index (χ1) is 14.9. The summed E-state index contributed by atoms with van der Waals surface area (Å²) in [6.45, 7) is 0. The molecule has 2 aromatic heterocycles. The normalized spacial score (nSPS) is 11.3. The Labute approximate surface area is 182 Å². The van der Waals surface area contributed by atoms with Gasteiger partial charge in [0, 0.05) is 24.9 Å². The van der Waals surface area contributed by atoms with E-state index in [1.807, 2.05) is 11.3 Å². The van der Waals surface area contributed by atoms with Crippen LogP contribution < -0.4 is 0 Å². The molecule has 0 fully saturated rings. The average molecular weight is 419 g/mol. The van der Waals surface area contributed by atoms with Gasteiger partial charge in [-0.15, -0.1) is 22.7 Å². The molecule has 0 aliphatic heterocycles. The van der Waals surface area contributed by atoms with E-state index >= 15 is 0 Å². The molecule has 0 atom stereocenters. The van der Waals surface area contributed by atoms with Crippen molar-refractivity contribution in [1.82, 2.24) is 0 Å². The zero-order valence-electron chi connectivity index (χ0n) is 16.2. The van der Waals surface area contributed by atoms with E-state index in [0.717, 1.165) is 0 Å². The maximum absolute atomic E-state index is 2.28. The van der Waals surface area contributed by atoms with Crippen molar-refractivity contribution in [2.45, 2.75) is 0 Å². The van der Waals surface area contributed by atoms with Crippen LogP contribution in [0.15, 0.2) is 109 Å². The van der Waals surface area contributed by atoms with Crippen molar-refractivity contribution in [2.24, 2.45) is 0 Å². The predicted molar refractivity (Wildman–Crippen MR) is 136 cm³/mol. The van der Waals surface area contributed by atoms with E-state index in [-0.39, 0.29) is 0 Å². The Balaban J connectivity index is 0.000000163. The summed E-state index contributed by atoms with van der Waals surface area (Å²) in [6, 6.07) is 36.9. The second-order valence-electron chi connectivity index (χ2n) is 7.38. The molecule has 0 spiro atoms. The minimum atomic E-state index is 1.32. The second kappa shape index (κ2) is 7.24. The van der Waals surface area contributed by atoms with Crippen molar-refractivity contribution in [3.63, 3.8) is 0 Å². The highest BCUT2D eigenvalue weighted by atomic mass is 32.1. The summed E-state index contributed by atoms with van der Waals surface area (Å²) in [5.41, 5.74) is 0. The molecular formula is C28H18S2. The molecule has 0 radical (unpaired) electrons. The molecule has 142 valence electrons. The van der Waals surface area contributed by atoms with Crippen LogP contribution in [-0.2, 0) is 0 Å². The van der Waals surface area contributed by atoms with Gasteiger partial charge in [0.2, 0.25) is 0 Å². The predicted octanol–water partition coefficient (Wildman–Crippen LogP) is 9.26.